The normalized spacial score (nSPS) is 8.80. The average Bonchev–Trinajstić information content (AvgIpc) is 2.03. The molecule has 0 atom stereocenters. The summed E-state index contributed by atoms with van der Waals surface area (Å²) >= 11 is 0. The third-order valence-corrected chi connectivity index (χ3v) is 1.000. The number of nitrogens with zero attached hydrogens (tertiary/aromatic N) is 2. The largest absolute Gasteiger partial charge is 0.365 e. The van der Waals surface area contributed by atoms with Crippen LogP contribution < -0.4 is 5.32 Å². The Morgan fingerprint density at radius 2 is 2.60 bits per heavy atom. The summed E-state index contributed by atoms with van der Waals surface area (Å²) in [5, 5.41) is 10.5. The molecule has 0 saturated carbocycles. The van der Waals surface area contributed by atoms with Gasteiger partial charge >= 0.3 is 0 Å². The summed E-state index contributed by atoms with van der Waals surface area (Å²) in [6, 6.07) is 3.69. The van der Waals surface area contributed by atoms with Gasteiger partial charge in [0.25, 0.3) is 0 Å². The van der Waals surface area contributed by atoms with Gasteiger partial charge in [-0.25, -0.2) is 0 Å². The van der Waals surface area contributed by atoms with E-state index in [1.807, 2.05) is 12.1 Å². The van der Waals surface area contributed by atoms with Crippen LogP contribution in [0, 0.1) is 0 Å². The van der Waals surface area contributed by atoms with Crippen molar-refractivity contribution in [3.05, 3.63) is 31.0 Å². The Hall–Kier alpha value is -1.38. The van der Waals surface area contributed by atoms with E-state index in [0.717, 1.165) is 12.4 Å². The SMILES string of the molecule is C=CCNc1cccnn1. The Bertz CT molecular complexity index is 195. The maximum atomic E-state index is 3.81. The van der Waals surface area contributed by atoms with Crippen LogP contribution in [0.2, 0.25) is 0 Å². The summed E-state index contributed by atoms with van der Waals surface area (Å²) in [5.74, 6) is 0.780. The topological polar surface area (TPSA) is 37.8 Å². The van der Waals surface area contributed by atoms with Crippen LogP contribution in [0.3, 0.4) is 0 Å². The van der Waals surface area contributed by atoms with E-state index in [-0.39, 0.29) is 0 Å². The van der Waals surface area contributed by atoms with Crippen LogP contribution >= 0.6 is 0 Å². The van der Waals surface area contributed by atoms with Gasteiger partial charge in [0.1, 0.15) is 5.82 Å². The van der Waals surface area contributed by atoms with Crippen LogP contribution in [0.4, 0.5) is 5.82 Å². The zero-order valence-corrected chi connectivity index (χ0v) is 5.62. The predicted molar refractivity (Wildman–Crippen MR) is 40.7 cm³/mol. The van der Waals surface area contributed by atoms with E-state index in [2.05, 4.69) is 22.1 Å². The third-order valence-electron chi connectivity index (χ3n) is 1.000. The van der Waals surface area contributed by atoms with E-state index in [1.54, 1.807) is 12.3 Å². The fourth-order valence-electron chi connectivity index (χ4n) is 0.573. The first kappa shape index (κ1) is 6.74. The van der Waals surface area contributed by atoms with Gasteiger partial charge in [-0.05, 0) is 12.1 Å². The molecular weight excluding hydrogens is 126 g/mol. The Kier molecular flexibility index (Phi) is 2.43. The van der Waals surface area contributed by atoms with Gasteiger partial charge in [0, 0.05) is 12.7 Å². The lowest BCUT2D eigenvalue weighted by atomic mass is 10.5. The van der Waals surface area contributed by atoms with Crippen molar-refractivity contribution in [3.63, 3.8) is 0 Å². The second-order valence-electron chi connectivity index (χ2n) is 1.78. The Labute approximate surface area is 59.8 Å². The maximum absolute atomic E-state index is 3.81. The molecular formula is C7H9N3. The summed E-state index contributed by atoms with van der Waals surface area (Å²) < 4.78 is 0. The molecule has 0 unspecified atom stereocenters. The van der Waals surface area contributed by atoms with E-state index >= 15 is 0 Å². The summed E-state index contributed by atoms with van der Waals surface area (Å²) in [7, 11) is 0. The number of aromatic nitrogens is 2. The van der Waals surface area contributed by atoms with Gasteiger partial charge in [-0.2, -0.15) is 5.10 Å². The van der Waals surface area contributed by atoms with Crippen molar-refractivity contribution in [1.29, 1.82) is 0 Å². The standard InChI is InChI=1S/C7H9N3/c1-2-5-8-7-4-3-6-9-10-7/h2-4,6H,1,5H2,(H,8,10). The van der Waals surface area contributed by atoms with Crippen LogP contribution in [0.1, 0.15) is 0 Å². The number of rotatable bonds is 3. The molecule has 0 spiro atoms. The molecule has 0 aliphatic carbocycles. The minimum absolute atomic E-state index is 0.721. The lowest BCUT2D eigenvalue weighted by molar-refractivity contribution is 1.02. The Balaban J connectivity index is 2.50. The van der Waals surface area contributed by atoms with E-state index < -0.39 is 0 Å². The highest BCUT2D eigenvalue weighted by Crippen LogP contribution is 1.95. The molecule has 0 aromatic carbocycles. The molecule has 0 amide bonds. The lowest BCUT2D eigenvalue weighted by Crippen LogP contribution is -1.99. The number of hydrogen-bond acceptors (Lipinski definition) is 3. The summed E-state index contributed by atoms with van der Waals surface area (Å²) in [6.45, 7) is 4.29. The summed E-state index contributed by atoms with van der Waals surface area (Å²) in [5.41, 5.74) is 0. The molecule has 1 N–H and O–H groups in total. The molecule has 0 saturated heterocycles. The highest BCUT2D eigenvalue weighted by atomic mass is 15.2. The maximum Gasteiger partial charge on any atom is 0.148 e. The molecule has 1 heterocycles. The van der Waals surface area contributed by atoms with Crippen molar-refractivity contribution in [2.75, 3.05) is 11.9 Å². The first-order chi connectivity index (χ1) is 4.93. The third kappa shape index (κ3) is 1.85. The van der Waals surface area contributed by atoms with E-state index in [1.165, 1.54) is 0 Å². The highest BCUT2D eigenvalue weighted by molar-refractivity contribution is 5.31. The Morgan fingerprint density at radius 3 is 3.20 bits per heavy atom. The molecule has 0 aliphatic heterocycles. The van der Waals surface area contributed by atoms with Crippen molar-refractivity contribution in [2.24, 2.45) is 0 Å². The van der Waals surface area contributed by atoms with Gasteiger partial charge in [-0.15, -0.1) is 11.7 Å². The van der Waals surface area contributed by atoms with Gasteiger partial charge < -0.3 is 5.32 Å². The van der Waals surface area contributed by atoms with Gasteiger partial charge in [0.2, 0.25) is 0 Å². The molecule has 0 fully saturated rings. The first-order valence-electron chi connectivity index (χ1n) is 3.06. The lowest BCUT2D eigenvalue weighted by Gasteiger charge is -1.97. The van der Waals surface area contributed by atoms with Gasteiger partial charge in [-0.1, -0.05) is 6.08 Å². The summed E-state index contributed by atoms with van der Waals surface area (Å²) in [6.07, 6.45) is 3.41. The summed E-state index contributed by atoms with van der Waals surface area (Å²) in [4.78, 5) is 0. The van der Waals surface area contributed by atoms with Crippen LogP contribution in [-0.2, 0) is 0 Å². The molecule has 0 radical (unpaired) electrons. The van der Waals surface area contributed by atoms with E-state index in [0.29, 0.717) is 0 Å². The fraction of sp³-hybridized carbons (Fsp3) is 0.143. The van der Waals surface area contributed by atoms with Crippen molar-refractivity contribution in [1.82, 2.24) is 10.2 Å². The zero-order valence-electron chi connectivity index (χ0n) is 5.62. The smallest absolute Gasteiger partial charge is 0.148 e. The van der Waals surface area contributed by atoms with Crippen molar-refractivity contribution < 1.29 is 0 Å². The van der Waals surface area contributed by atoms with Crippen LogP contribution in [0.15, 0.2) is 31.0 Å². The number of nitrogens with one attached hydrogen (secondary N) is 1. The van der Waals surface area contributed by atoms with Crippen LogP contribution in [0.25, 0.3) is 0 Å². The van der Waals surface area contributed by atoms with Crippen molar-refractivity contribution >= 4 is 5.82 Å². The fourth-order valence-corrected chi connectivity index (χ4v) is 0.573. The van der Waals surface area contributed by atoms with Gasteiger partial charge in [0.05, 0.1) is 0 Å². The molecule has 10 heavy (non-hydrogen) atoms. The molecule has 1 rings (SSSR count). The molecule has 0 bridgehead atoms. The monoisotopic (exact) mass is 135 g/mol. The molecule has 0 aliphatic rings. The molecule has 52 valence electrons. The quantitative estimate of drug-likeness (QED) is 0.630. The van der Waals surface area contributed by atoms with Gasteiger partial charge in [-0.3, -0.25) is 0 Å². The van der Waals surface area contributed by atoms with Crippen molar-refractivity contribution in [2.45, 2.75) is 0 Å². The predicted octanol–water partition coefficient (Wildman–Crippen LogP) is 1.07. The van der Waals surface area contributed by atoms with Crippen molar-refractivity contribution in [3.8, 4) is 0 Å². The van der Waals surface area contributed by atoms with Gasteiger partial charge in [0.15, 0.2) is 0 Å². The highest BCUT2D eigenvalue weighted by Gasteiger charge is 1.85. The zero-order chi connectivity index (χ0) is 7.23. The van der Waals surface area contributed by atoms with Crippen LogP contribution in [-0.4, -0.2) is 16.7 Å². The average molecular weight is 135 g/mol. The number of hydrogen-bond donors (Lipinski definition) is 1. The Morgan fingerprint density at radius 1 is 1.70 bits per heavy atom. The minimum Gasteiger partial charge on any atom is -0.365 e. The van der Waals surface area contributed by atoms with E-state index in [4.69, 9.17) is 0 Å². The second kappa shape index (κ2) is 3.61. The number of anilines is 1. The van der Waals surface area contributed by atoms with E-state index in [9.17, 15) is 0 Å². The second-order valence-corrected chi connectivity index (χ2v) is 1.78. The molecule has 3 heteroatoms. The minimum atomic E-state index is 0.721. The first-order valence-corrected chi connectivity index (χ1v) is 3.06. The molecule has 3 nitrogen and oxygen atoms in total. The molecule has 1 aromatic rings. The van der Waals surface area contributed by atoms with Crippen LogP contribution in [0.5, 0.6) is 0 Å². The molecule has 1 aromatic heterocycles.